The number of aromatic nitrogens is 3. The molecule has 1 amide bonds. The van der Waals surface area contributed by atoms with Gasteiger partial charge in [-0.3, -0.25) is 4.79 Å². The highest BCUT2D eigenvalue weighted by molar-refractivity contribution is 5.96. The lowest BCUT2D eigenvalue weighted by Gasteiger charge is -2.15. The molecule has 17 heavy (non-hydrogen) atoms. The first-order valence-corrected chi connectivity index (χ1v) is 5.45. The van der Waals surface area contributed by atoms with Crippen LogP contribution in [0.15, 0.2) is 18.2 Å². The highest BCUT2D eigenvalue weighted by atomic mass is 16.2. The molecule has 0 fully saturated rings. The monoisotopic (exact) mass is 233 g/mol. The molecule has 90 valence electrons. The molecule has 2 aromatic rings. The Labute approximate surface area is 98.6 Å². The number of hydrogen-bond acceptors (Lipinski definition) is 4. The maximum Gasteiger partial charge on any atom is 0.241 e. The molecule has 0 aliphatic heterocycles. The van der Waals surface area contributed by atoms with E-state index in [2.05, 4.69) is 20.7 Å². The predicted molar refractivity (Wildman–Crippen MR) is 65.3 cm³/mol. The first-order valence-electron chi connectivity index (χ1n) is 5.45. The number of carbonyl (C=O) groups is 1. The molecule has 4 N–H and O–H groups in total. The highest BCUT2D eigenvalue weighted by Crippen LogP contribution is 2.15. The van der Waals surface area contributed by atoms with E-state index >= 15 is 0 Å². The van der Waals surface area contributed by atoms with E-state index in [0.29, 0.717) is 11.2 Å². The fraction of sp³-hybridized carbons (Fsp3) is 0.364. The summed E-state index contributed by atoms with van der Waals surface area (Å²) in [6, 6.07) is 4.80. The van der Waals surface area contributed by atoms with Gasteiger partial charge in [-0.25, -0.2) is 0 Å². The molecule has 0 saturated heterocycles. The maximum atomic E-state index is 11.7. The Kier molecular flexibility index (Phi) is 3.06. The molecular weight excluding hydrogens is 218 g/mol. The van der Waals surface area contributed by atoms with E-state index in [4.69, 9.17) is 5.73 Å². The summed E-state index contributed by atoms with van der Waals surface area (Å²) in [6.45, 7) is 3.82. The summed E-state index contributed by atoms with van der Waals surface area (Å²) in [7, 11) is 0. The quantitative estimate of drug-likeness (QED) is 0.733. The summed E-state index contributed by atoms with van der Waals surface area (Å²) in [5.41, 5.74) is 7.90. The van der Waals surface area contributed by atoms with Gasteiger partial charge in [0.05, 0.1) is 6.04 Å². The lowest BCUT2D eigenvalue weighted by Crippen LogP contribution is -2.39. The Balaban J connectivity index is 2.15. The third-order valence-corrected chi connectivity index (χ3v) is 2.60. The van der Waals surface area contributed by atoms with Crippen LogP contribution in [0.4, 0.5) is 5.69 Å². The standard InChI is InChI=1S/C11H15N5O/c1-6(2)10(12)11(17)13-7-3-4-8-9(5-7)15-16-14-8/h3-6,10H,12H2,1-2H3,(H,13,17)(H,14,15,16)/t10-/m0/s1. The van der Waals surface area contributed by atoms with Gasteiger partial charge in [0, 0.05) is 5.69 Å². The van der Waals surface area contributed by atoms with Crippen LogP contribution in [0.2, 0.25) is 0 Å². The zero-order chi connectivity index (χ0) is 12.4. The number of rotatable bonds is 3. The van der Waals surface area contributed by atoms with Crippen LogP contribution >= 0.6 is 0 Å². The van der Waals surface area contributed by atoms with Crippen LogP contribution < -0.4 is 11.1 Å². The second-order valence-electron chi connectivity index (χ2n) is 4.29. The average Bonchev–Trinajstić information content (AvgIpc) is 2.74. The molecule has 1 aromatic carbocycles. The molecule has 0 saturated carbocycles. The van der Waals surface area contributed by atoms with Gasteiger partial charge in [-0.2, -0.15) is 15.4 Å². The van der Waals surface area contributed by atoms with E-state index < -0.39 is 6.04 Å². The van der Waals surface area contributed by atoms with E-state index in [1.807, 2.05) is 13.8 Å². The van der Waals surface area contributed by atoms with Gasteiger partial charge in [-0.15, -0.1) is 0 Å². The number of carbonyl (C=O) groups excluding carboxylic acids is 1. The molecule has 0 bridgehead atoms. The van der Waals surface area contributed by atoms with Crippen LogP contribution in [0, 0.1) is 5.92 Å². The predicted octanol–water partition coefficient (Wildman–Crippen LogP) is 0.880. The van der Waals surface area contributed by atoms with Crippen molar-refractivity contribution in [1.29, 1.82) is 0 Å². The number of anilines is 1. The second kappa shape index (κ2) is 4.50. The molecule has 6 heteroatoms. The number of hydrogen-bond donors (Lipinski definition) is 3. The van der Waals surface area contributed by atoms with Crippen LogP contribution in [0.5, 0.6) is 0 Å². The third-order valence-electron chi connectivity index (χ3n) is 2.60. The van der Waals surface area contributed by atoms with Crippen molar-refractivity contribution in [2.75, 3.05) is 5.32 Å². The van der Waals surface area contributed by atoms with E-state index in [1.165, 1.54) is 0 Å². The molecule has 1 heterocycles. The Morgan fingerprint density at radius 1 is 1.35 bits per heavy atom. The number of nitrogens with two attached hydrogens (primary N) is 1. The van der Waals surface area contributed by atoms with E-state index in [-0.39, 0.29) is 11.8 Å². The van der Waals surface area contributed by atoms with Crippen LogP contribution in [0.25, 0.3) is 11.0 Å². The van der Waals surface area contributed by atoms with E-state index in [0.717, 1.165) is 5.52 Å². The van der Waals surface area contributed by atoms with Crippen molar-refractivity contribution >= 4 is 22.6 Å². The normalized spacial score (nSPS) is 12.9. The van der Waals surface area contributed by atoms with Gasteiger partial charge in [-0.05, 0) is 24.1 Å². The Morgan fingerprint density at radius 2 is 2.06 bits per heavy atom. The van der Waals surface area contributed by atoms with E-state index in [9.17, 15) is 4.79 Å². The lowest BCUT2D eigenvalue weighted by molar-refractivity contribution is -0.118. The topological polar surface area (TPSA) is 96.7 Å². The molecule has 0 aliphatic carbocycles. The zero-order valence-corrected chi connectivity index (χ0v) is 9.77. The first-order chi connectivity index (χ1) is 8.08. The van der Waals surface area contributed by atoms with Crippen molar-refractivity contribution in [3.05, 3.63) is 18.2 Å². The smallest absolute Gasteiger partial charge is 0.241 e. The SMILES string of the molecule is CC(C)[C@H](N)C(=O)Nc1ccc2n[nH]nc2c1. The summed E-state index contributed by atoms with van der Waals surface area (Å²) >= 11 is 0. The highest BCUT2D eigenvalue weighted by Gasteiger charge is 2.17. The number of nitrogens with zero attached hydrogens (tertiary/aromatic N) is 2. The summed E-state index contributed by atoms with van der Waals surface area (Å²) in [4.78, 5) is 11.7. The number of aromatic amines is 1. The number of H-pyrrole nitrogens is 1. The number of amides is 1. The molecule has 0 unspecified atom stereocenters. The Morgan fingerprint density at radius 3 is 2.76 bits per heavy atom. The van der Waals surface area contributed by atoms with Gasteiger partial charge in [0.15, 0.2) is 0 Å². The van der Waals surface area contributed by atoms with Crippen molar-refractivity contribution in [3.8, 4) is 0 Å². The van der Waals surface area contributed by atoms with Crippen LogP contribution in [0.1, 0.15) is 13.8 Å². The van der Waals surface area contributed by atoms with Crippen LogP contribution in [0.3, 0.4) is 0 Å². The molecule has 1 atom stereocenters. The minimum absolute atomic E-state index is 0.103. The number of fused-ring (bicyclic) bond motifs is 1. The Bertz CT molecular complexity index is 533. The fourth-order valence-electron chi connectivity index (χ4n) is 1.45. The van der Waals surface area contributed by atoms with Crippen LogP contribution in [-0.2, 0) is 4.79 Å². The third kappa shape index (κ3) is 2.42. The van der Waals surface area contributed by atoms with Gasteiger partial charge in [0.1, 0.15) is 11.0 Å². The van der Waals surface area contributed by atoms with Gasteiger partial charge >= 0.3 is 0 Å². The molecule has 0 radical (unpaired) electrons. The minimum Gasteiger partial charge on any atom is -0.325 e. The van der Waals surface area contributed by atoms with Gasteiger partial charge in [-0.1, -0.05) is 13.8 Å². The summed E-state index contributed by atoms with van der Waals surface area (Å²) in [6.07, 6.45) is 0. The second-order valence-corrected chi connectivity index (χ2v) is 4.29. The Hall–Kier alpha value is -1.95. The molecule has 6 nitrogen and oxygen atoms in total. The summed E-state index contributed by atoms with van der Waals surface area (Å²) in [5.74, 6) is -0.0892. The average molecular weight is 233 g/mol. The van der Waals surface area contributed by atoms with Gasteiger partial charge < -0.3 is 11.1 Å². The lowest BCUT2D eigenvalue weighted by atomic mass is 10.0. The van der Waals surface area contributed by atoms with Crippen LogP contribution in [-0.4, -0.2) is 27.4 Å². The summed E-state index contributed by atoms with van der Waals surface area (Å²) in [5, 5.41) is 13.2. The number of benzene rings is 1. The van der Waals surface area contributed by atoms with Gasteiger partial charge in [0.25, 0.3) is 0 Å². The van der Waals surface area contributed by atoms with E-state index in [1.54, 1.807) is 18.2 Å². The maximum absolute atomic E-state index is 11.7. The largest absolute Gasteiger partial charge is 0.325 e. The molecule has 1 aromatic heterocycles. The summed E-state index contributed by atoms with van der Waals surface area (Å²) < 4.78 is 0. The fourth-order valence-corrected chi connectivity index (χ4v) is 1.45. The van der Waals surface area contributed by atoms with Crippen molar-refractivity contribution in [3.63, 3.8) is 0 Å². The molecule has 2 rings (SSSR count). The molecule has 0 aliphatic rings. The molecule has 0 spiro atoms. The van der Waals surface area contributed by atoms with Gasteiger partial charge in [0.2, 0.25) is 5.91 Å². The zero-order valence-electron chi connectivity index (χ0n) is 9.77. The van der Waals surface area contributed by atoms with Crippen molar-refractivity contribution < 1.29 is 4.79 Å². The molecular formula is C11H15N5O. The van der Waals surface area contributed by atoms with Crippen molar-refractivity contribution in [1.82, 2.24) is 15.4 Å². The van der Waals surface area contributed by atoms with Crippen molar-refractivity contribution in [2.45, 2.75) is 19.9 Å². The van der Waals surface area contributed by atoms with Crippen molar-refractivity contribution in [2.24, 2.45) is 11.7 Å². The number of nitrogens with one attached hydrogen (secondary N) is 2. The first kappa shape index (κ1) is 11.5. The minimum atomic E-state index is -0.511.